The van der Waals surface area contributed by atoms with Crippen molar-refractivity contribution in [1.82, 2.24) is 9.55 Å². The van der Waals surface area contributed by atoms with Gasteiger partial charge in [-0.25, -0.2) is 4.98 Å². The van der Waals surface area contributed by atoms with E-state index in [0.717, 1.165) is 18.0 Å². The maximum absolute atomic E-state index is 10.3. The standard InChI is InChI=1S/C10H17N3OS/c1-13-5-4-12-9(13)15-7-10(14,6-11)8-2-3-8/h4-5,8,14H,2-3,6-7,11H2,1H3. The van der Waals surface area contributed by atoms with Crippen LogP contribution in [0, 0.1) is 5.92 Å². The van der Waals surface area contributed by atoms with Gasteiger partial charge in [0.05, 0.1) is 5.60 Å². The summed E-state index contributed by atoms with van der Waals surface area (Å²) in [7, 11) is 1.95. The Labute approximate surface area is 93.9 Å². The van der Waals surface area contributed by atoms with Gasteiger partial charge in [-0.3, -0.25) is 0 Å². The number of imidazole rings is 1. The lowest BCUT2D eigenvalue weighted by atomic mass is 10.0. The smallest absolute Gasteiger partial charge is 0.167 e. The zero-order valence-electron chi connectivity index (χ0n) is 8.89. The summed E-state index contributed by atoms with van der Waals surface area (Å²) in [5.41, 5.74) is 4.94. The first-order valence-corrected chi connectivity index (χ1v) is 6.17. The zero-order chi connectivity index (χ0) is 10.9. The van der Waals surface area contributed by atoms with Crippen LogP contribution >= 0.6 is 11.8 Å². The second-order valence-electron chi connectivity index (χ2n) is 4.19. The zero-order valence-corrected chi connectivity index (χ0v) is 9.70. The molecule has 0 bridgehead atoms. The Morgan fingerprint density at radius 3 is 2.93 bits per heavy atom. The highest BCUT2D eigenvalue weighted by molar-refractivity contribution is 7.99. The van der Waals surface area contributed by atoms with Crippen LogP contribution in [0.4, 0.5) is 0 Å². The van der Waals surface area contributed by atoms with Crippen LogP contribution in [-0.2, 0) is 7.05 Å². The van der Waals surface area contributed by atoms with Crippen molar-refractivity contribution in [2.24, 2.45) is 18.7 Å². The predicted molar refractivity (Wildman–Crippen MR) is 60.7 cm³/mol. The lowest BCUT2D eigenvalue weighted by molar-refractivity contribution is 0.0509. The molecule has 15 heavy (non-hydrogen) atoms. The maximum atomic E-state index is 10.3. The minimum Gasteiger partial charge on any atom is -0.387 e. The van der Waals surface area contributed by atoms with E-state index < -0.39 is 5.60 Å². The van der Waals surface area contributed by atoms with E-state index in [1.165, 1.54) is 0 Å². The molecule has 1 aromatic rings. The summed E-state index contributed by atoms with van der Waals surface area (Å²) in [5, 5.41) is 11.2. The summed E-state index contributed by atoms with van der Waals surface area (Å²) in [5.74, 6) is 1.04. The van der Waals surface area contributed by atoms with Crippen molar-refractivity contribution in [3.8, 4) is 0 Å². The molecule has 1 fully saturated rings. The summed E-state index contributed by atoms with van der Waals surface area (Å²) >= 11 is 1.58. The molecule has 1 atom stereocenters. The van der Waals surface area contributed by atoms with E-state index in [4.69, 9.17) is 5.73 Å². The average molecular weight is 227 g/mol. The molecule has 1 unspecified atom stereocenters. The monoisotopic (exact) mass is 227 g/mol. The molecule has 1 aliphatic carbocycles. The molecule has 1 aliphatic rings. The first-order valence-electron chi connectivity index (χ1n) is 5.18. The molecule has 5 heteroatoms. The number of hydrogen-bond acceptors (Lipinski definition) is 4. The molecule has 1 heterocycles. The fourth-order valence-electron chi connectivity index (χ4n) is 1.64. The SMILES string of the molecule is Cn1ccnc1SCC(O)(CN)C1CC1. The first kappa shape index (κ1) is 11.0. The first-order chi connectivity index (χ1) is 7.15. The highest BCUT2D eigenvalue weighted by Gasteiger charge is 2.42. The fourth-order valence-corrected chi connectivity index (χ4v) is 2.78. The van der Waals surface area contributed by atoms with Gasteiger partial charge in [0.1, 0.15) is 0 Å². The molecule has 1 saturated carbocycles. The summed E-state index contributed by atoms with van der Waals surface area (Å²) in [6, 6.07) is 0. The van der Waals surface area contributed by atoms with Crippen molar-refractivity contribution in [3.63, 3.8) is 0 Å². The lowest BCUT2D eigenvalue weighted by Gasteiger charge is -2.25. The van der Waals surface area contributed by atoms with Crippen molar-refractivity contribution in [3.05, 3.63) is 12.4 Å². The molecule has 4 nitrogen and oxygen atoms in total. The Hall–Kier alpha value is -0.520. The van der Waals surface area contributed by atoms with Gasteiger partial charge in [0.25, 0.3) is 0 Å². The molecule has 1 aromatic heterocycles. The van der Waals surface area contributed by atoms with Crippen molar-refractivity contribution < 1.29 is 5.11 Å². The predicted octanol–water partition coefficient (Wildman–Crippen LogP) is 0.612. The topological polar surface area (TPSA) is 64.1 Å². The van der Waals surface area contributed by atoms with Crippen molar-refractivity contribution in [2.45, 2.75) is 23.6 Å². The molecule has 0 aliphatic heterocycles. The summed E-state index contributed by atoms with van der Waals surface area (Å²) in [4.78, 5) is 4.21. The molecule has 3 N–H and O–H groups in total. The summed E-state index contributed by atoms with van der Waals surface area (Å²) < 4.78 is 1.95. The van der Waals surface area contributed by atoms with E-state index >= 15 is 0 Å². The number of aryl methyl sites for hydroxylation is 1. The Kier molecular flexibility index (Phi) is 3.04. The third kappa shape index (κ3) is 2.35. The van der Waals surface area contributed by atoms with Gasteiger partial charge >= 0.3 is 0 Å². The largest absolute Gasteiger partial charge is 0.387 e. The van der Waals surface area contributed by atoms with Crippen LogP contribution in [0.15, 0.2) is 17.6 Å². The molecule has 0 radical (unpaired) electrons. The second-order valence-corrected chi connectivity index (χ2v) is 5.13. The van der Waals surface area contributed by atoms with Gasteiger partial charge in [-0.1, -0.05) is 11.8 Å². The van der Waals surface area contributed by atoms with Gasteiger partial charge in [-0.2, -0.15) is 0 Å². The third-order valence-corrected chi connectivity index (χ3v) is 4.21. The molecular formula is C10H17N3OS. The molecule has 0 saturated heterocycles. The highest BCUT2D eigenvalue weighted by Crippen LogP contribution is 2.41. The number of hydrogen-bond donors (Lipinski definition) is 2. The number of nitrogens with two attached hydrogens (primary N) is 1. The highest BCUT2D eigenvalue weighted by atomic mass is 32.2. The summed E-state index contributed by atoms with van der Waals surface area (Å²) in [6.07, 6.45) is 5.88. The van der Waals surface area contributed by atoms with Crippen LogP contribution in [0.1, 0.15) is 12.8 Å². The van der Waals surface area contributed by atoms with Crippen LogP contribution in [0.5, 0.6) is 0 Å². The minimum absolute atomic E-state index is 0.342. The van der Waals surface area contributed by atoms with Gasteiger partial charge < -0.3 is 15.4 Å². The average Bonchev–Trinajstić information content (AvgIpc) is 3.01. The van der Waals surface area contributed by atoms with E-state index in [2.05, 4.69) is 4.98 Å². The number of aromatic nitrogens is 2. The Morgan fingerprint density at radius 2 is 2.47 bits per heavy atom. The van der Waals surface area contributed by atoms with E-state index in [1.54, 1.807) is 18.0 Å². The Morgan fingerprint density at radius 1 is 1.73 bits per heavy atom. The van der Waals surface area contributed by atoms with Gasteiger partial charge in [0, 0.05) is 31.7 Å². The maximum Gasteiger partial charge on any atom is 0.167 e. The second kappa shape index (κ2) is 4.15. The lowest BCUT2D eigenvalue weighted by Crippen LogP contribution is -2.42. The summed E-state index contributed by atoms with van der Waals surface area (Å²) in [6.45, 7) is 0.342. The number of rotatable bonds is 5. The van der Waals surface area contributed by atoms with Crippen LogP contribution in [-0.4, -0.2) is 32.6 Å². The normalized spacial score (nSPS) is 20.2. The van der Waals surface area contributed by atoms with Gasteiger partial charge in [-0.15, -0.1) is 0 Å². The van der Waals surface area contributed by atoms with Crippen LogP contribution in [0.2, 0.25) is 0 Å². The van der Waals surface area contributed by atoms with E-state index in [0.29, 0.717) is 18.2 Å². The molecule has 84 valence electrons. The number of thioether (sulfide) groups is 1. The minimum atomic E-state index is -0.698. The van der Waals surface area contributed by atoms with Crippen LogP contribution < -0.4 is 5.73 Å². The quantitative estimate of drug-likeness (QED) is 0.724. The van der Waals surface area contributed by atoms with Crippen LogP contribution in [0.25, 0.3) is 0 Å². The van der Waals surface area contributed by atoms with Crippen molar-refractivity contribution in [2.75, 3.05) is 12.3 Å². The molecule has 2 rings (SSSR count). The van der Waals surface area contributed by atoms with E-state index in [9.17, 15) is 5.11 Å². The van der Waals surface area contributed by atoms with Gasteiger partial charge in [-0.05, 0) is 18.8 Å². The third-order valence-electron chi connectivity index (χ3n) is 2.92. The van der Waals surface area contributed by atoms with Crippen molar-refractivity contribution in [1.29, 1.82) is 0 Å². The van der Waals surface area contributed by atoms with E-state index in [1.807, 2.05) is 17.8 Å². The van der Waals surface area contributed by atoms with Crippen LogP contribution in [0.3, 0.4) is 0 Å². The number of aliphatic hydroxyl groups is 1. The molecule has 0 aromatic carbocycles. The Bertz CT molecular complexity index is 337. The molecular weight excluding hydrogens is 210 g/mol. The van der Waals surface area contributed by atoms with Gasteiger partial charge in [0.15, 0.2) is 5.16 Å². The fraction of sp³-hybridized carbons (Fsp3) is 0.700. The Balaban J connectivity index is 1.94. The van der Waals surface area contributed by atoms with Gasteiger partial charge in [0.2, 0.25) is 0 Å². The number of nitrogens with zero attached hydrogens (tertiary/aromatic N) is 2. The molecule has 0 spiro atoms. The van der Waals surface area contributed by atoms with Crippen molar-refractivity contribution >= 4 is 11.8 Å². The van der Waals surface area contributed by atoms with E-state index in [-0.39, 0.29) is 0 Å². The molecule has 0 amide bonds.